The summed E-state index contributed by atoms with van der Waals surface area (Å²) >= 11 is 1.58. The normalized spacial score (nSPS) is 20.1. The van der Waals surface area contributed by atoms with Gasteiger partial charge < -0.3 is 10.5 Å². The number of methoxy groups -OCH3 is 1. The third-order valence-corrected chi connectivity index (χ3v) is 5.16. The third-order valence-electron chi connectivity index (χ3n) is 3.88. The molecule has 0 saturated carbocycles. The lowest BCUT2D eigenvalue weighted by Gasteiger charge is -2.32. The largest absolute Gasteiger partial charge is 0.494 e. The van der Waals surface area contributed by atoms with Gasteiger partial charge in [0.1, 0.15) is 5.01 Å². The Balaban J connectivity index is 2.00. The molecule has 0 radical (unpaired) electrons. The fourth-order valence-electron chi connectivity index (χ4n) is 2.92. The molecule has 0 fully saturated rings. The first-order chi connectivity index (χ1) is 9.89. The van der Waals surface area contributed by atoms with Crippen LogP contribution in [0.1, 0.15) is 36.9 Å². The van der Waals surface area contributed by atoms with E-state index in [2.05, 4.69) is 13.8 Å². The molecule has 3 rings (SSSR count). The number of ether oxygens (including phenoxy) is 1. The minimum atomic E-state index is -0.368. The van der Waals surface area contributed by atoms with Crippen molar-refractivity contribution in [2.24, 2.45) is 11.1 Å². The van der Waals surface area contributed by atoms with E-state index in [1.165, 1.54) is 13.2 Å². The van der Waals surface area contributed by atoms with Gasteiger partial charge in [0.15, 0.2) is 11.6 Å². The minimum Gasteiger partial charge on any atom is -0.494 e. The molecule has 5 heteroatoms. The molecule has 3 nitrogen and oxygen atoms in total. The van der Waals surface area contributed by atoms with Crippen molar-refractivity contribution in [3.05, 3.63) is 34.6 Å². The smallest absolute Gasteiger partial charge is 0.165 e. The standard InChI is InChI=1S/C16H19FN2OS/c1-16(2)7-11(18)14-12(8-16)19-15(21-14)9-4-5-13(20-3)10(17)6-9/h4-6,11H,7-8,18H2,1-3H3. The zero-order valence-corrected chi connectivity index (χ0v) is 13.3. The summed E-state index contributed by atoms with van der Waals surface area (Å²) in [6, 6.07) is 4.97. The Hall–Kier alpha value is -1.46. The molecule has 0 aliphatic heterocycles. The van der Waals surface area contributed by atoms with Crippen molar-refractivity contribution >= 4 is 11.3 Å². The van der Waals surface area contributed by atoms with E-state index in [9.17, 15) is 4.39 Å². The molecule has 0 bridgehead atoms. The predicted octanol–water partition coefficient (Wildman–Crippen LogP) is 3.93. The topological polar surface area (TPSA) is 48.1 Å². The van der Waals surface area contributed by atoms with Crippen molar-refractivity contribution in [3.8, 4) is 16.3 Å². The van der Waals surface area contributed by atoms with E-state index in [0.29, 0.717) is 0 Å². The molecule has 1 heterocycles. The van der Waals surface area contributed by atoms with Crippen LogP contribution in [0.2, 0.25) is 0 Å². The van der Waals surface area contributed by atoms with E-state index in [4.69, 9.17) is 15.5 Å². The second-order valence-electron chi connectivity index (χ2n) is 6.33. The number of halogens is 1. The second kappa shape index (κ2) is 5.07. The maximum absolute atomic E-state index is 13.8. The molecule has 0 saturated heterocycles. The minimum absolute atomic E-state index is 0.0260. The molecule has 112 valence electrons. The monoisotopic (exact) mass is 306 g/mol. The van der Waals surface area contributed by atoms with Crippen LogP contribution in [0.15, 0.2) is 18.2 Å². The highest BCUT2D eigenvalue weighted by atomic mass is 32.1. The lowest BCUT2D eigenvalue weighted by molar-refractivity contribution is 0.282. The highest BCUT2D eigenvalue weighted by Gasteiger charge is 2.33. The van der Waals surface area contributed by atoms with Crippen LogP contribution in [-0.4, -0.2) is 12.1 Å². The third kappa shape index (κ3) is 2.68. The Morgan fingerprint density at radius 2 is 2.19 bits per heavy atom. The van der Waals surface area contributed by atoms with Gasteiger partial charge in [-0.15, -0.1) is 11.3 Å². The SMILES string of the molecule is COc1ccc(-c2nc3c(s2)C(N)CC(C)(C)C3)cc1F. The zero-order valence-electron chi connectivity index (χ0n) is 12.4. The van der Waals surface area contributed by atoms with Crippen molar-refractivity contribution in [1.29, 1.82) is 0 Å². The number of nitrogens with two attached hydrogens (primary N) is 1. The fourth-order valence-corrected chi connectivity index (χ4v) is 4.00. The summed E-state index contributed by atoms with van der Waals surface area (Å²) in [6.07, 6.45) is 1.88. The maximum Gasteiger partial charge on any atom is 0.165 e. The van der Waals surface area contributed by atoms with Gasteiger partial charge in [0.25, 0.3) is 0 Å². The first kappa shape index (κ1) is 14.5. The Labute approximate surface area is 128 Å². The Morgan fingerprint density at radius 1 is 1.43 bits per heavy atom. The number of thiazole rings is 1. The molecule has 1 aliphatic rings. The van der Waals surface area contributed by atoms with Crippen molar-refractivity contribution < 1.29 is 9.13 Å². The number of hydrogen-bond acceptors (Lipinski definition) is 4. The summed E-state index contributed by atoms with van der Waals surface area (Å²) < 4.78 is 18.8. The Morgan fingerprint density at radius 3 is 2.86 bits per heavy atom. The van der Waals surface area contributed by atoms with E-state index in [1.54, 1.807) is 17.4 Å². The van der Waals surface area contributed by atoms with Crippen molar-refractivity contribution in [2.75, 3.05) is 7.11 Å². The van der Waals surface area contributed by atoms with Crippen LogP contribution in [0, 0.1) is 11.2 Å². The molecule has 2 aromatic rings. The molecule has 1 aromatic carbocycles. The molecule has 0 spiro atoms. The van der Waals surface area contributed by atoms with Gasteiger partial charge in [-0.2, -0.15) is 0 Å². The summed E-state index contributed by atoms with van der Waals surface area (Å²) in [5.41, 5.74) is 8.28. The summed E-state index contributed by atoms with van der Waals surface area (Å²) in [5, 5.41) is 0.828. The van der Waals surface area contributed by atoms with Crippen LogP contribution in [-0.2, 0) is 6.42 Å². The second-order valence-corrected chi connectivity index (χ2v) is 7.36. The fraction of sp³-hybridized carbons (Fsp3) is 0.438. The summed E-state index contributed by atoms with van der Waals surface area (Å²) in [7, 11) is 1.46. The number of rotatable bonds is 2. The van der Waals surface area contributed by atoms with Gasteiger partial charge in [-0.1, -0.05) is 13.8 Å². The number of benzene rings is 1. The van der Waals surface area contributed by atoms with Gasteiger partial charge in [0.2, 0.25) is 0 Å². The molecule has 0 amide bonds. The molecule has 1 aromatic heterocycles. The van der Waals surface area contributed by atoms with Gasteiger partial charge in [0, 0.05) is 16.5 Å². The molecule has 1 unspecified atom stereocenters. The van der Waals surface area contributed by atoms with E-state index >= 15 is 0 Å². The first-order valence-corrected chi connectivity index (χ1v) is 7.80. The average Bonchev–Trinajstić information content (AvgIpc) is 2.81. The molecule has 1 atom stereocenters. The van der Waals surface area contributed by atoms with E-state index < -0.39 is 0 Å². The lowest BCUT2D eigenvalue weighted by atomic mass is 9.77. The van der Waals surface area contributed by atoms with Gasteiger partial charge in [-0.05, 0) is 36.5 Å². The summed E-state index contributed by atoms with van der Waals surface area (Å²) in [5.74, 6) is -0.120. The van der Waals surface area contributed by atoms with Crippen LogP contribution in [0.25, 0.3) is 10.6 Å². The van der Waals surface area contributed by atoms with Gasteiger partial charge in [0.05, 0.1) is 12.8 Å². The molecule has 21 heavy (non-hydrogen) atoms. The van der Waals surface area contributed by atoms with Gasteiger partial charge in [-0.25, -0.2) is 9.37 Å². The molecule has 1 aliphatic carbocycles. The molecular weight excluding hydrogens is 287 g/mol. The zero-order chi connectivity index (χ0) is 15.2. The summed E-state index contributed by atoms with van der Waals surface area (Å²) in [6.45, 7) is 4.42. The lowest BCUT2D eigenvalue weighted by Crippen LogP contribution is -2.28. The van der Waals surface area contributed by atoms with Crippen LogP contribution in [0.3, 0.4) is 0 Å². The summed E-state index contributed by atoms with van der Waals surface area (Å²) in [4.78, 5) is 5.83. The van der Waals surface area contributed by atoms with E-state index in [-0.39, 0.29) is 23.0 Å². The van der Waals surface area contributed by atoms with E-state index in [1.807, 2.05) is 6.07 Å². The highest BCUT2D eigenvalue weighted by Crippen LogP contribution is 2.43. The molecular formula is C16H19FN2OS. The van der Waals surface area contributed by atoms with Crippen molar-refractivity contribution in [1.82, 2.24) is 4.98 Å². The van der Waals surface area contributed by atoms with Crippen molar-refractivity contribution in [3.63, 3.8) is 0 Å². The number of nitrogens with zero attached hydrogens (tertiary/aromatic N) is 1. The number of aromatic nitrogens is 1. The van der Waals surface area contributed by atoms with Crippen LogP contribution < -0.4 is 10.5 Å². The maximum atomic E-state index is 13.8. The van der Waals surface area contributed by atoms with Gasteiger partial charge >= 0.3 is 0 Å². The van der Waals surface area contributed by atoms with E-state index in [0.717, 1.165) is 34.0 Å². The Kier molecular flexibility index (Phi) is 3.50. The van der Waals surface area contributed by atoms with Gasteiger partial charge in [-0.3, -0.25) is 0 Å². The van der Waals surface area contributed by atoms with Crippen molar-refractivity contribution in [2.45, 2.75) is 32.7 Å². The highest BCUT2D eigenvalue weighted by molar-refractivity contribution is 7.15. The predicted molar refractivity (Wildman–Crippen MR) is 83.1 cm³/mol. The van der Waals surface area contributed by atoms with Crippen LogP contribution in [0.4, 0.5) is 4.39 Å². The average molecular weight is 306 g/mol. The number of fused-ring (bicyclic) bond motifs is 1. The Bertz CT molecular complexity index is 681. The quantitative estimate of drug-likeness (QED) is 0.914. The molecule has 2 N–H and O–H groups in total. The number of hydrogen-bond donors (Lipinski definition) is 1. The first-order valence-electron chi connectivity index (χ1n) is 6.99. The van der Waals surface area contributed by atoms with Crippen LogP contribution >= 0.6 is 11.3 Å². The van der Waals surface area contributed by atoms with Crippen LogP contribution in [0.5, 0.6) is 5.75 Å².